The molecule has 98 valence electrons. The molecule has 1 saturated carbocycles. The number of benzene rings is 1. The van der Waals surface area contributed by atoms with E-state index in [1.54, 1.807) is 18.2 Å². The summed E-state index contributed by atoms with van der Waals surface area (Å²) >= 11 is 0. The molecule has 5 heteroatoms. The molecule has 0 saturated heterocycles. The van der Waals surface area contributed by atoms with Gasteiger partial charge in [-0.3, -0.25) is 10.1 Å². The molecular weight excluding hydrogens is 230 g/mol. The standard InChI is InChI=1S/C13H19N3O2/c14-13(8-4-1-5-9-13)10-15-11-6-2-3-7-12(11)16(17)18/h2-3,6-7,15H,1,4-5,8-10,14H2. The summed E-state index contributed by atoms with van der Waals surface area (Å²) in [6.07, 6.45) is 5.51. The molecule has 0 heterocycles. The maximum Gasteiger partial charge on any atom is 0.292 e. The van der Waals surface area contributed by atoms with Crippen LogP contribution in [0.4, 0.5) is 11.4 Å². The second kappa shape index (κ2) is 5.35. The molecule has 0 spiro atoms. The minimum Gasteiger partial charge on any atom is -0.378 e. The van der Waals surface area contributed by atoms with Crippen LogP contribution in [0.3, 0.4) is 0 Å². The Morgan fingerprint density at radius 1 is 1.28 bits per heavy atom. The number of rotatable bonds is 4. The molecule has 1 aliphatic rings. The second-order valence-corrected chi connectivity index (χ2v) is 5.05. The van der Waals surface area contributed by atoms with Crippen LogP contribution in [0.2, 0.25) is 0 Å². The number of hydrogen-bond donors (Lipinski definition) is 2. The summed E-state index contributed by atoms with van der Waals surface area (Å²) in [6.45, 7) is 0.595. The molecule has 0 bridgehead atoms. The van der Waals surface area contributed by atoms with Crippen molar-refractivity contribution in [3.8, 4) is 0 Å². The average Bonchev–Trinajstić information content (AvgIpc) is 2.38. The zero-order chi connectivity index (χ0) is 13.0. The SMILES string of the molecule is NC1(CNc2ccccc2[N+](=O)[O-])CCCCC1. The number of para-hydroxylation sites is 2. The van der Waals surface area contributed by atoms with Crippen LogP contribution in [0.1, 0.15) is 32.1 Å². The van der Waals surface area contributed by atoms with Crippen molar-refractivity contribution >= 4 is 11.4 Å². The van der Waals surface area contributed by atoms with Crippen molar-refractivity contribution in [1.29, 1.82) is 0 Å². The number of nitro benzene ring substituents is 1. The highest BCUT2D eigenvalue weighted by Crippen LogP contribution is 2.28. The summed E-state index contributed by atoms with van der Waals surface area (Å²) in [6, 6.07) is 6.69. The Bertz CT molecular complexity index is 428. The topological polar surface area (TPSA) is 81.2 Å². The Morgan fingerprint density at radius 3 is 2.61 bits per heavy atom. The van der Waals surface area contributed by atoms with Gasteiger partial charge in [-0.15, -0.1) is 0 Å². The molecule has 0 aromatic heterocycles. The maximum absolute atomic E-state index is 10.9. The summed E-state index contributed by atoms with van der Waals surface area (Å²) in [5.41, 5.74) is 6.74. The van der Waals surface area contributed by atoms with Crippen molar-refractivity contribution in [3.63, 3.8) is 0 Å². The van der Waals surface area contributed by atoms with Gasteiger partial charge in [0.25, 0.3) is 5.69 Å². The fraction of sp³-hybridized carbons (Fsp3) is 0.538. The molecule has 1 fully saturated rings. The number of nitrogens with one attached hydrogen (secondary N) is 1. The van der Waals surface area contributed by atoms with Gasteiger partial charge in [-0.2, -0.15) is 0 Å². The first-order chi connectivity index (χ1) is 8.61. The summed E-state index contributed by atoms with van der Waals surface area (Å²) < 4.78 is 0. The predicted molar refractivity (Wildman–Crippen MR) is 71.6 cm³/mol. The van der Waals surface area contributed by atoms with Gasteiger partial charge in [0.2, 0.25) is 0 Å². The lowest BCUT2D eigenvalue weighted by atomic mass is 9.82. The first-order valence-electron chi connectivity index (χ1n) is 6.37. The number of nitrogens with two attached hydrogens (primary N) is 1. The largest absolute Gasteiger partial charge is 0.378 e. The van der Waals surface area contributed by atoms with Gasteiger partial charge in [-0.25, -0.2) is 0 Å². The molecule has 0 radical (unpaired) electrons. The van der Waals surface area contributed by atoms with Crippen LogP contribution in [0.15, 0.2) is 24.3 Å². The van der Waals surface area contributed by atoms with Crippen LogP contribution < -0.4 is 11.1 Å². The van der Waals surface area contributed by atoms with E-state index >= 15 is 0 Å². The molecule has 1 aliphatic carbocycles. The van der Waals surface area contributed by atoms with Crippen molar-refractivity contribution in [3.05, 3.63) is 34.4 Å². The summed E-state index contributed by atoms with van der Waals surface area (Å²) in [4.78, 5) is 10.5. The highest BCUT2D eigenvalue weighted by molar-refractivity contribution is 5.61. The van der Waals surface area contributed by atoms with Crippen molar-refractivity contribution < 1.29 is 4.92 Å². The van der Waals surface area contributed by atoms with Gasteiger partial charge < -0.3 is 11.1 Å². The van der Waals surface area contributed by atoms with E-state index < -0.39 is 0 Å². The minimum absolute atomic E-state index is 0.108. The molecule has 0 aliphatic heterocycles. The minimum atomic E-state index is -0.369. The molecule has 0 amide bonds. The van der Waals surface area contributed by atoms with Gasteiger partial charge in [0, 0.05) is 18.2 Å². The number of nitrogens with zero attached hydrogens (tertiary/aromatic N) is 1. The fourth-order valence-corrected chi connectivity index (χ4v) is 2.49. The molecular formula is C13H19N3O2. The molecule has 18 heavy (non-hydrogen) atoms. The Balaban J connectivity index is 2.03. The molecule has 1 aromatic carbocycles. The number of hydrogen-bond acceptors (Lipinski definition) is 4. The van der Waals surface area contributed by atoms with Crippen molar-refractivity contribution in [2.24, 2.45) is 5.73 Å². The van der Waals surface area contributed by atoms with Gasteiger partial charge in [0.15, 0.2) is 0 Å². The third-order valence-corrected chi connectivity index (χ3v) is 3.58. The van der Waals surface area contributed by atoms with Gasteiger partial charge in [-0.1, -0.05) is 31.4 Å². The maximum atomic E-state index is 10.9. The van der Waals surface area contributed by atoms with E-state index in [0.717, 1.165) is 25.7 Å². The third kappa shape index (κ3) is 2.98. The van der Waals surface area contributed by atoms with Crippen LogP contribution in [0, 0.1) is 10.1 Å². The summed E-state index contributed by atoms with van der Waals surface area (Å²) in [5, 5.41) is 14.0. The lowest BCUT2D eigenvalue weighted by molar-refractivity contribution is -0.384. The summed E-state index contributed by atoms with van der Waals surface area (Å²) in [7, 11) is 0. The third-order valence-electron chi connectivity index (χ3n) is 3.58. The Morgan fingerprint density at radius 2 is 1.94 bits per heavy atom. The quantitative estimate of drug-likeness (QED) is 0.635. The molecule has 0 unspecified atom stereocenters. The van der Waals surface area contributed by atoms with Gasteiger partial charge in [-0.05, 0) is 18.9 Å². The summed E-state index contributed by atoms with van der Waals surface area (Å²) in [5.74, 6) is 0. The van der Waals surface area contributed by atoms with Crippen LogP contribution in [-0.4, -0.2) is 17.0 Å². The van der Waals surface area contributed by atoms with Crippen molar-refractivity contribution in [1.82, 2.24) is 0 Å². The first kappa shape index (κ1) is 12.8. The average molecular weight is 249 g/mol. The van der Waals surface area contributed by atoms with Gasteiger partial charge in [0.05, 0.1) is 4.92 Å². The molecule has 0 atom stereocenters. The van der Waals surface area contributed by atoms with Crippen LogP contribution in [-0.2, 0) is 0 Å². The lowest BCUT2D eigenvalue weighted by Crippen LogP contribution is -2.47. The Labute approximate surface area is 107 Å². The van der Waals surface area contributed by atoms with E-state index in [1.807, 2.05) is 0 Å². The van der Waals surface area contributed by atoms with Crippen molar-refractivity contribution in [2.75, 3.05) is 11.9 Å². The van der Waals surface area contributed by atoms with E-state index in [1.165, 1.54) is 12.5 Å². The van der Waals surface area contributed by atoms with E-state index in [9.17, 15) is 10.1 Å². The van der Waals surface area contributed by atoms with Gasteiger partial charge >= 0.3 is 0 Å². The van der Waals surface area contributed by atoms with E-state index in [2.05, 4.69) is 5.32 Å². The van der Waals surface area contributed by atoms with Crippen LogP contribution >= 0.6 is 0 Å². The first-order valence-corrected chi connectivity index (χ1v) is 6.37. The predicted octanol–water partition coefficient (Wildman–Crippen LogP) is 2.67. The zero-order valence-corrected chi connectivity index (χ0v) is 10.4. The highest BCUT2D eigenvalue weighted by Gasteiger charge is 2.27. The molecule has 2 rings (SSSR count). The molecule has 5 nitrogen and oxygen atoms in total. The second-order valence-electron chi connectivity index (χ2n) is 5.05. The monoisotopic (exact) mass is 249 g/mol. The fourth-order valence-electron chi connectivity index (χ4n) is 2.49. The smallest absolute Gasteiger partial charge is 0.292 e. The molecule has 1 aromatic rings. The Hall–Kier alpha value is -1.62. The van der Waals surface area contributed by atoms with Crippen LogP contribution in [0.5, 0.6) is 0 Å². The Kier molecular flexibility index (Phi) is 3.81. The number of anilines is 1. The van der Waals surface area contributed by atoms with Crippen molar-refractivity contribution in [2.45, 2.75) is 37.6 Å². The normalized spacial score (nSPS) is 18.3. The molecule has 3 N–H and O–H groups in total. The highest BCUT2D eigenvalue weighted by atomic mass is 16.6. The zero-order valence-electron chi connectivity index (χ0n) is 10.4. The van der Waals surface area contributed by atoms with E-state index in [0.29, 0.717) is 12.2 Å². The lowest BCUT2D eigenvalue weighted by Gasteiger charge is -2.33. The van der Waals surface area contributed by atoms with Crippen LogP contribution in [0.25, 0.3) is 0 Å². The number of nitro groups is 1. The van der Waals surface area contributed by atoms with E-state index in [4.69, 9.17) is 5.73 Å². The van der Waals surface area contributed by atoms with E-state index in [-0.39, 0.29) is 16.1 Å². The van der Waals surface area contributed by atoms with Gasteiger partial charge in [0.1, 0.15) is 5.69 Å².